The Morgan fingerprint density at radius 2 is 1.83 bits per heavy atom. The molecular weight excluding hydrogens is 296 g/mol. The number of hydrogen-bond donors (Lipinski definition) is 0. The van der Waals surface area contributed by atoms with Crippen molar-refractivity contribution < 1.29 is 14.3 Å². The summed E-state index contributed by atoms with van der Waals surface area (Å²) in [7, 11) is 0. The van der Waals surface area contributed by atoms with E-state index in [2.05, 4.69) is 15.9 Å². The molecule has 3 nitrogen and oxygen atoms in total. The van der Waals surface area contributed by atoms with Crippen molar-refractivity contribution in [3.63, 3.8) is 0 Å². The number of Topliss-reactive ketones (excluding diaryl/α,β-unsaturated/α-hetero) is 1. The lowest BCUT2D eigenvalue weighted by molar-refractivity contribution is 0.0963. The molecule has 0 saturated heterocycles. The minimum atomic E-state index is 0.183. The van der Waals surface area contributed by atoms with Crippen LogP contribution in [0.1, 0.15) is 37.0 Å². The molecule has 1 aromatic rings. The highest BCUT2D eigenvalue weighted by Gasteiger charge is 2.32. The van der Waals surface area contributed by atoms with Gasteiger partial charge in [0.25, 0.3) is 0 Å². The number of benzene rings is 1. The van der Waals surface area contributed by atoms with Gasteiger partial charge >= 0.3 is 0 Å². The van der Waals surface area contributed by atoms with Gasteiger partial charge in [0.2, 0.25) is 0 Å². The molecule has 0 unspecified atom stereocenters. The highest BCUT2D eigenvalue weighted by molar-refractivity contribution is 9.10. The van der Waals surface area contributed by atoms with Crippen LogP contribution in [-0.4, -0.2) is 19.0 Å². The van der Waals surface area contributed by atoms with E-state index >= 15 is 0 Å². The predicted molar refractivity (Wildman–Crippen MR) is 73.5 cm³/mol. The summed E-state index contributed by atoms with van der Waals surface area (Å²) in [5.74, 6) is 1.71. The Morgan fingerprint density at radius 1 is 1.22 bits per heavy atom. The fourth-order valence-electron chi connectivity index (χ4n) is 1.83. The van der Waals surface area contributed by atoms with E-state index in [-0.39, 0.29) is 11.7 Å². The Labute approximate surface area is 116 Å². The van der Waals surface area contributed by atoms with Crippen molar-refractivity contribution in [3.8, 4) is 11.5 Å². The maximum absolute atomic E-state index is 12.2. The van der Waals surface area contributed by atoms with E-state index in [9.17, 15) is 4.79 Å². The van der Waals surface area contributed by atoms with Crippen LogP contribution in [0, 0.1) is 5.92 Å². The first-order chi connectivity index (χ1) is 8.67. The first kappa shape index (κ1) is 13.4. The number of ether oxygens (including phenoxy) is 2. The molecule has 18 heavy (non-hydrogen) atoms. The maximum atomic E-state index is 12.2. The van der Waals surface area contributed by atoms with Crippen molar-refractivity contribution in [1.29, 1.82) is 0 Å². The van der Waals surface area contributed by atoms with Gasteiger partial charge in [0, 0.05) is 12.0 Å². The fourth-order valence-corrected chi connectivity index (χ4v) is 2.29. The van der Waals surface area contributed by atoms with Crippen LogP contribution < -0.4 is 9.47 Å². The second kappa shape index (κ2) is 5.74. The zero-order valence-corrected chi connectivity index (χ0v) is 12.2. The van der Waals surface area contributed by atoms with Gasteiger partial charge in [-0.2, -0.15) is 0 Å². The van der Waals surface area contributed by atoms with Gasteiger partial charge in [-0.05, 0) is 48.7 Å². The number of rotatable bonds is 6. The summed E-state index contributed by atoms with van der Waals surface area (Å²) in [5.41, 5.74) is 0.662. The standard InChI is InChI=1S/C14H17BrO3/c1-3-17-12-8-13(18-4-2)11(15)7-10(12)14(16)9-5-6-9/h7-9H,3-6H2,1-2H3. The van der Waals surface area contributed by atoms with Crippen molar-refractivity contribution in [2.24, 2.45) is 5.92 Å². The third-order valence-electron chi connectivity index (χ3n) is 2.85. The van der Waals surface area contributed by atoms with Gasteiger partial charge in [-0.1, -0.05) is 0 Å². The number of hydrogen-bond acceptors (Lipinski definition) is 3. The Bertz CT molecular complexity index is 453. The largest absolute Gasteiger partial charge is 0.493 e. The lowest BCUT2D eigenvalue weighted by Gasteiger charge is -2.13. The van der Waals surface area contributed by atoms with Crippen LogP contribution in [0.15, 0.2) is 16.6 Å². The van der Waals surface area contributed by atoms with Crippen molar-refractivity contribution >= 4 is 21.7 Å². The molecule has 4 heteroatoms. The van der Waals surface area contributed by atoms with E-state index < -0.39 is 0 Å². The maximum Gasteiger partial charge on any atom is 0.169 e. The molecule has 0 spiro atoms. The summed E-state index contributed by atoms with van der Waals surface area (Å²) < 4.78 is 11.9. The topological polar surface area (TPSA) is 35.5 Å². The molecule has 1 fully saturated rings. The summed E-state index contributed by atoms with van der Waals surface area (Å²) in [6, 6.07) is 3.61. The van der Waals surface area contributed by atoms with E-state index in [1.807, 2.05) is 19.9 Å². The lowest BCUT2D eigenvalue weighted by atomic mass is 10.1. The Morgan fingerprint density at radius 3 is 2.39 bits per heavy atom. The molecule has 0 heterocycles. The summed E-state index contributed by atoms with van der Waals surface area (Å²) in [6.07, 6.45) is 1.99. The molecular formula is C14H17BrO3. The number of carbonyl (C=O) groups is 1. The van der Waals surface area contributed by atoms with Gasteiger partial charge in [0.05, 0.1) is 23.2 Å². The van der Waals surface area contributed by atoms with E-state index in [4.69, 9.17) is 9.47 Å². The van der Waals surface area contributed by atoms with Gasteiger partial charge < -0.3 is 9.47 Å². The summed E-state index contributed by atoms with van der Waals surface area (Å²) >= 11 is 3.44. The zero-order valence-electron chi connectivity index (χ0n) is 10.7. The Balaban J connectivity index is 2.36. The van der Waals surface area contributed by atoms with Gasteiger partial charge in [0.15, 0.2) is 5.78 Å². The highest BCUT2D eigenvalue weighted by atomic mass is 79.9. The van der Waals surface area contributed by atoms with Crippen molar-refractivity contribution in [2.75, 3.05) is 13.2 Å². The average Bonchev–Trinajstić information content (AvgIpc) is 3.17. The highest BCUT2D eigenvalue weighted by Crippen LogP contribution is 2.39. The molecule has 0 atom stereocenters. The molecule has 0 amide bonds. The second-order valence-corrected chi connectivity index (χ2v) is 5.14. The van der Waals surface area contributed by atoms with E-state index in [1.165, 1.54) is 0 Å². The number of halogens is 1. The summed E-state index contributed by atoms with van der Waals surface area (Å²) in [6.45, 7) is 4.96. The first-order valence-corrected chi connectivity index (χ1v) is 7.10. The van der Waals surface area contributed by atoms with Gasteiger partial charge in [-0.25, -0.2) is 0 Å². The molecule has 1 aliphatic rings. The molecule has 0 bridgehead atoms. The SMILES string of the molecule is CCOc1cc(OCC)c(C(=O)C2CC2)cc1Br. The third-order valence-corrected chi connectivity index (χ3v) is 3.47. The van der Waals surface area contributed by atoms with Crippen molar-refractivity contribution in [2.45, 2.75) is 26.7 Å². The van der Waals surface area contributed by atoms with Gasteiger partial charge in [-0.15, -0.1) is 0 Å². The molecule has 1 saturated carbocycles. The third kappa shape index (κ3) is 2.86. The van der Waals surface area contributed by atoms with Gasteiger partial charge in [-0.3, -0.25) is 4.79 Å². The zero-order chi connectivity index (χ0) is 13.1. The van der Waals surface area contributed by atoms with E-state index in [0.717, 1.165) is 17.3 Å². The second-order valence-electron chi connectivity index (χ2n) is 4.28. The molecule has 1 aliphatic carbocycles. The number of carbonyl (C=O) groups excluding carboxylic acids is 1. The van der Waals surface area contributed by atoms with Crippen molar-refractivity contribution in [3.05, 3.63) is 22.2 Å². The molecule has 0 radical (unpaired) electrons. The lowest BCUT2D eigenvalue weighted by Crippen LogP contribution is -2.07. The minimum absolute atomic E-state index is 0.183. The monoisotopic (exact) mass is 312 g/mol. The van der Waals surface area contributed by atoms with Crippen LogP contribution >= 0.6 is 15.9 Å². The van der Waals surface area contributed by atoms with Crippen LogP contribution in [-0.2, 0) is 0 Å². The summed E-state index contributed by atoms with van der Waals surface area (Å²) in [4.78, 5) is 12.2. The van der Waals surface area contributed by atoms with Crippen LogP contribution in [0.4, 0.5) is 0 Å². The molecule has 2 rings (SSSR count). The Hall–Kier alpha value is -1.03. The molecule has 0 aromatic heterocycles. The first-order valence-electron chi connectivity index (χ1n) is 6.30. The smallest absolute Gasteiger partial charge is 0.169 e. The minimum Gasteiger partial charge on any atom is -0.493 e. The average molecular weight is 313 g/mol. The van der Waals surface area contributed by atoms with E-state index in [0.29, 0.717) is 30.3 Å². The quantitative estimate of drug-likeness (QED) is 0.749. The van der Waals surface area contributed by atoms with Crippen LogP contribution in [0.5, 0.6) is 11.5 Å². The molecule has 0 N–H and O–H groups in total. The number of ketones is 1. The molecule has 1 aromatic carbocycles. The fraction of sp³-hybridized carbons (Fsp3) is 0.500. The van der Waals surface area contributed by atoms with Crippen LogP contribution in [0.25, 0.3) is 0 Å². The van der Waals surface area contributed by atoms with Crippen molar-refractivity contribution in [1.82, 2.24) is 0 Å². The molecule has 98 valence electrons. The summed E-state index contributed by atoms with van der Waals surface area (Å²) in [5, 5.41) is 0. The van der Waals surface area contributed by atoms with Gasteiger partial charge in [0.1, 0.15) is 11.5 Å². The molecule has 0 aliphatic heterocycles. The van der Waals surface area contributed by atoms with Crippen LogP contribution in [0.2, 0.25) is 0 Å². The Kier molecular flexibility index (Phi) is 4.27. The van der Waals surface area contributed by atoms with E-state index in [1.54, 1.807) is 6.07 Å². The van der Waals surface area contributed by atoms with Crippen LogP contribution in [0.3, 0.4) is 0 Å². The normalized spacial score (nSPS) is 14.4. The predicted octanol–water partition coefficient (Wildman–Crippen LogP) is 3.84.